The third-order valence-electron chi connectivity index (χ3n) is 9.26. The SMILES string of the molecule is c1ccc(-n2c3ccccc3c3cc4c5ccccc5n(-c5ccc6c(c5)c5ncccc5n6-c5ccccc5)c4cc32)cc1. The Morgan fingerprint density at radius 2 is 0.822 bits per heavy atom. The quantitative estimate of drug-likeness (QED) is 0.206. The topological polar surface area (TPSA) is 27.7 Å². The van der Waals surface area contributed by atoms with Crippen molar-refractivity contribution in [2.45, 2.75) is 0 Å². The van der Waals surface area contributed by atoms with Crippen molar-refractivity contribution >= 4 is 65.5 Å². The van der Waals surface area contributed by atoms with E-state index in [0.29, 0.717) is 0 Å². The number of aromatic nitrogens is 4. The lowest BCUT2D eigenvalue weighted by Gasteiger charge is -2.11. The van der Waals surface area contributed by atoms with Crippen LogP contribution in [0.2, 0.25) is 0 Å². The zero-order valence-corrected chi connectivity index (χ0v) is 24.3. The summed E-state index contributed by atoms with van der Waals surface area (Å²) in [6.07, 6.45) is 1.89. The molecule has 0 fully saturated rings. The van der Waals surface area contributed by atoms with Crippen LogP contribution in [0.3, 0.4) is 0 Å². The van der Waals surface area contributed by atoms with Crippen LogP contribution in [0.1, 0.15) is 0 Å². The molecule has 0 N–H and O–H groups in total. The van der Waals surface area contributed by atoms with Gasteiger partial charge in [-0.05, 0) is 78.9 Å². The Hall–Kier alpha value is -6.13. The lowest BCUT2D eigenvalue weighted by molar-refractivity contribution is 1.16. The van der Waals surface area contributed by atoms with Crippen LogP contribution >= 0.6 is 0 Å². The molecule has 10 aromatic rings. The van der Waals surface area contributed by atoms with Gasteiger partial charge in [0.25, 0.3) is 0 Å². The average Bonchev–Trinajstić information content (AvgIpc) is 3.73. The Bertz CT molecular complexity index is 2750. The second kappa shape index (κ2) is 9.18. The van der Waals surface area contributed by atoms with E-state index in [0.717, 1.165) is 39.0 Å². The molecule has 0 aliphatic heterocycles. The van der Waals surface area contributed by atoms with Crippen molar-refractivity contribution in [1.29, 1.82) is 0 Å². The molecule has 0 spiro atoms. The summed E-state index contributed by atoms with van der Waals surface area (Å²) < 4.78 is 7.13. The minimum atomic E-state index is 1.01. The predicted molar refractivity (Wildman–Crippen MR) is 187 cm³/mol. The van der Waals surface area contributed by atoms with Crippen molar-refractivity contribution in [2.75, 3.05) is 0 Å². The van der Waals surface area contributed by atoms with Crippen molar-refractivity contribution < 1.29 is 0 Å². The van der Waals surface area contributed by atoms with Gasteiger partial charge in [-0.1, -0.05) is 72.8 Å². The molecule has 0 unspecified atom stereocenters. The summed E-state index contributed by atoms with van der Waals surface area (Å²) in [5.74, 6) is 0. The van der Waals surface area contributed by atoms with Gasteiger partial charge >= 0.3 is 0 Å². The largest absolute Gasteiger partial charge is 0.309 e. The molecule has 4 aromatic heterocycles. The fraction of sp³-hybridized carbons (Fsp3) is 0. The van der Waals surface area contributed by atoms with E-state index in [-0.39, 0.29) is 0 Å². The molecule has 0 amide bonds. The summed E-state index contributed by atoms with van der Waals surface area (Å²) in [6, 6.07) is 54.5. The monoisotopic (exact) mass is 574 g/mol. The normalized spacial score (nSPS) is 12.0. The molecule has 0 bridgehead atoms. The standard InChI is InChI=1S/C41H26N4/c1-3-12-27(13-4-1)43-37-22-21-29(24-34(37)41-38(43)20-11-23-42-41)45-36-19-10-8-17-31(36)33-25-32-30-16-7-9-18-35(30)44(39(32)26-40(33)45)28-14-5-2-6-15-28/h1-26H. The van der Waals surface area contributed by atoms with E-state index in [2.05, 4.69) is 159 Å². The number of para-hydroxylation sites is 4. The van der Waals surface area contributed by atoms with E-state index in [4.69, 9.17) is 4.98 Å². The molecular weight excluding hydrogens is 548 g/mol. The minimum Gasteiger partial charge on any atom is -0.309 e. The van der Waals surface area contributed by atoms with Crippen LogP contribution in [0.4, 0.5) is 0 Å². The lowest BCUT2D eigenvalue weighted by Crippen LogP contribution is -1.96. The van der Waals surface area contributed by atoms with Gasteiger partial charge in [-0.3, -0.25) is 4.98 Å². The van der Waals surface area contributed by atoms with Crippen LogP contribution in [-0.2, 0) is 0 Å². The van der Waals surface area contributed by atoms with Crippen LogP contribution < -0.4 is 0 Å². The third-order valence-corrected chi connectivity index (χ3v) is 9.26. The Morgan fingerprint density at radius 3 is 1.47 bits per heavy atom. The first-order valence-corrected chi connectivity index (χ1v) is 15.3. The van der Waals surface area contributed by atoms with Gasteiger partial charge in [-0.15, -0.1) is 0 Å². The number of nitrogens with zero attached hydrogens (tertiary/aromatic N) is 4. The van der Waals surface area contributed by atoms with Crippen molar-refractivity contribution in [2.24, 2.45) is 0 Å². The van der Waals surface area contributed by atoms with Gasteiger partial charge in [-0.2, -0.15) is 0 Å². The molecule has 0 aliphatic carbocycles. The molecule has 10 rings (SSSR count). The van der Waals surface area contributed by atoms with Crippen LogP contribution in [0.25, 0.3) is 82.6 Å². The smallest absolute Gasteiger partial charge is 0.0964 e. The van der Waals surface area contributed by atoms with Crippen LogP contribution in [0.5, 0.6) is 0 Å². The summed E-state index contributed by atoms with van der Waals surface area (Å²) in [7, 11) is 0. The van der Waals surface area contributed by atoms with Crippen molar-refractivity contribution in [3.8, 4) is 17.1 Å². The Labute approximate surface area is 258 Å². The number of benzene rings is 6. The number of pyridine rings is 1. The number of hydrogen-bond acceptors (Lipinski definition) is 1. The molecule has 4 heteroatoms. The summed E-state index contributed by atoms with van der Waals surface area (Å²) in [5.41, 5.74) is 11.4. The maximum absolute atomic E-state index is 4.88. The number of hydrogen-bond donors (Lipinski definition) is 0. The fourth-order valence-corrected chi connectivity index (χ4v) is 7.38. The van der Waals surface area contributed by atoms with E-state index in [1.807, 2.05) is 12.3 Å². The van der Waals surface area contributed by atoms with E-state index in [1.54, 1.807) is 0 Å². The van der Waals surface area contributed by atoms with Crippen molar-refractivity contribution in [3.63, 3.8) is 0 Å². The van der Waals surface area contributed by atoms with Gasteiger partial charge < -0.3 is 13.7 Å². The lowest BCUT2D eigenvalue weighted by atomic mass is 10.1. The van der Waals surface area contributed by atoms with Gasteiger partial charge in [-0.25, -0.2) is 0 Å². The Balaban J connectivity index is 1.32. The van der Waals surface area contributed by atoms with E-state index in [9.17, 15) is 0 Å². The highest BCUT2D eigenvalue weighted by molar-refractivity contribution is 6.19. The first-order valence-electron chi connectivity index (χ1n) is 15.3. The highest BCUT2D eigenvalue weighted by Gasteiger charge is 2.20. The molecule has 0 aliphatic rings. The summed E-state index contributed by atoms with van der Waals surface area (Å²) in [5, 5.41) is 6.15. The number of fused-ring (bicyclic) bond motifs is 9. The molecule has 0 atom stereocenters. The highest BCUT2D eigenvalue weighted by Crippen LogP contribution is 2.40. The molecule has 0 radical (unpaired) electrons. The first-order chi connectivity index (χ1) is 22.3. The van der Waals surface area contributed by atoms with E-state index in [1.165, 1.54) is 43.6 Å². The maximum Gasteiger partial charge on any atom is 0.0964 e. The molecule has 4 heterocycles. The molecule has 6 aromatic carbocycles. The van der Waals surface area contributed by atoms with Gasteiger partial charge in [0.1, 0.15) is 0 Å². The summed E-state index contributed by atoms with van der Waals surface area (Å²) >= 11 is 0. The van der Waals surface area contributed by atoms with Gasteiger partial charge in [0.2, 0.25) is 0 Å². The molecule has 4 nitrogen and oxygen atoms in total. The van der Waals surface area contributed by atoms with Crippen molar-refractivity contribution in [3.05, 3.63) is 158 Å². The van der Waals surface area contributed by atoms with Gasteiger partial charge in [0.05, 0.1) is 38.6 Å². The summed E-state index contributed by atoms with van der Waals surface area (Å²) in [4.78, 5) is 4.88. The first kappa shape index (κ1) is 24.3. The second-order valence-electron chi connectivity index (χ2n) is 11.7. The van der Waals surface area contributed by atoms with Gasteiger partial charge in [0.15, 0.2) is 0 Å². The maximum atomic E-state index is 4.88. The third kappa shape index (κ3) is 3.39. The summed E-state index contributed by atoms with van der Waals surface area (Å²) in [6.45, 7) is 0. The van der Waals surface area contributed by atoms with Crippen LogP contribution in [-0.4, -0.2) is 18.7 Å². The molecule has 0 saturated heterocycles. The Morgan fingerprint density at radius 1 is 0.311 bits per heavy atom. The van der Waals surface area contributed by atoms with Gasteiger partial charge in [0, 0.05) is 50.2 Å². The molecule has 210 valence electrons. The zero-order valence-electron chi connectivity index (χ0n) is 24.3. The van der Waals surface area contributed by atoms with Crippen molar-refractivity contribution in [1.82, 2.24) is 18.7 Å². The predicted octanol–water partition coefficient (Wildman–Crippen LogP) is 10.4. The average molecular weight is 575 g/mol. The second-order valence-corrected chi connectivity index (χ2v) is 11.7. The van der Waals surface area contributed by atoms with E-state index < -0.39 is 0 Å². The zero-order chi connectivity index (χ0) is 29.5. The number of rotatable bonds is 3. The molecule has 0 saturated carbocycles. The van der Waals surface area contributed by atoms with Crippen LogP contribution in [0.15, 0.2) is 158 Å². The van der Waals surface area contributed by atoms with Crippen LogP contribution in [0, 0.1) is 0 Å². The van der Waals surface area contributed by atoms with E-state index >= 15 is 0 Å². The Kier molecular flexibility index (Phi) is 4.96. The fourth-order valence-electron chi connectivity index (χ4n) is 7.38. The molecular formula is C41H26N4. The minimum absolute atomic E-state index is 1.01. The highest BCUT2D eigenvalue weighted by atomic mass is 15.0. The molecule has 45 heavy (non-hydrogen) atoms.